The molecule has 1 unspecified atom stereocenters. The third-order valence-corrected chi connectivity index (χ3v) is 9.28. The first kappa shape index (κ1) is 27.9. The van der Waals surface area contributed by atoms with Crippen LogP contribution in [0.5, 0.6) is 11.5 Å². The Kier molecular flexibility index (Phi) is 7.99. The summed E-state index contributed by atoms with van der Waals surface area (Å²) in [6.07, 6.45) is -6.13. The van der Waals surface area contributed by atoms with E-state index in [0.29, 0.717) is 17.4 Å². The summed E-state index contributed by atoms with van der Waals surface area (Å²) in [7, 11) is -9.31. The highest BCUT2D eigenvalue weighted by atomic mass is 32.2. The van der Waals surface area contributed by atoms with Crippen LogP contribution in [0.4, 0.5) is 17.6 Å². The maximum Gasteiger partial charge on any atom is 0.417 e. The Morgan fingerprint density at radius 2 is 1.94 bits per heavy atom. The van der Waals surface area contributed by atoms with Crippen molar-refractivity contribution in [2.24, 2.45) is 5.73 Å². The lowest BCUT2D eigenvalue weighted by molar-refractivity contribution is -0.137. The number of hydrogen-bond acceptors (Lipinski definition) is 8. The lowest BCUT2D eigenvalue weighted by Crippen LogP contribution is -2.25. The van der Waals surface area contributed by atoms with E-state index < -0.39 is 52.8 Å². The van der Waals surface area contributed by atoms with Crippen molar-refractivity contribution in [3.8, 4) is 17.6 Å². The van der Waals surface area contributed by atoms with Gasteiger partial charge in [-0.3, -0.25) is 0 Å². The van der Waals surface area contributed by atoms with Crippen molar-refractivity contribution in [3.63, 3.8) is 0 Å². The fourth-order valence-corrected chi connectivity index (χ4v) is 7.36. The van der Waals surface area contributed by atoms with Crippen LogP contribution in [0, 0.1) is 24.1 Å². The number of alkyl halides is 3. The van der Waals surface area contributed by atoms with Crippen molar-refractivity contribution in [1.82, 2.24) is 4.72 Å². The molecule has 0 fully saturated rings. The van der Waals surface area contributed by atoms with Gasteiger partial charge in [0, 0.05) is 18.0 Å². The number of thiophene rings is 1. The van der Waals surface area contributed by atoms with E-state index in [0.717, 1.165) is 18.2 Å². The summed E-state index contributed by atoms with van der Waals surface area (Å²) in [5, 5.41) is 9.07. The summed E-state index contributed by atoms with van der Waals surface area (Å²) in [4.78, 5) is 10.0. The van der Waals surface area contributed by atoms with Crippen LogP contribution < -0.4 is 19.7 Å². The summed E-state index contributed by atoms with van der Waals surface area (Å²) < 4.78 is 103. The number of hydrogen-bond donors (Lipinski definition) is 3. The Labute approximate surface area is 206 Å². The van der Waals surface area contributed by atoms with Gasteiger partial charge in [0.2, 0.25) is 0 Å². The molecule has 0 spiro atoms. The third-order valence-electron chi connectivity index (χ3n) is 4.67. The monoisotopic (exact) mass is 567 g/mol. The Balaban J connectivity index is 1.83. The maximum atomic E-state index is 14.5. The Bertz CT molecular complexity index is 1500. The fourth-order valence-electron chi connectivity index (χ4n) is 3.09. The summed E-state index contributed by atoms with van der Waals surface area (Å²) in [5.74, 6) is -1.31. The van der Waals surface area contributed by atoms with Gasteiger partial charge in [-0.25, -0.2) is 17.4 Å². The van der Waals surface area contributed by atoms with E-state index in [1.54, 1.807) is 0 Å². The molecule has 0 saturated heterocycles. The maximum absolute atomic E-state index is 14.5. The van der Waals surface area contributed by atoms with Gasteiger partial charge in [-0.2, -0.15) is 23.2 Å². The van der Waals surface area contributed by atoms with Gasteiger partial charge in [0.15, 0.2) is 0 Å². The minimum absolute atomic E-state index is 0.00803. The molecule has 0 amide bonds. The van der Waals surface area contributed by atoms with Gasteiger partial charge in [0.25, 0.3) is 10.0 Å². The molecule has 1 heterocycles. The average molecular weight is 567 g/mol. The number of benzene rings is 2. The predicted octanol–water partition coefficient (Wildman–Crippen LogP) is 4.08. The zero-order valence-corrected chi connectivity index (χ0v) is 20.8. The van der Waals surface area contributed by atoms with Gasteiger partial charge in [-0.15, -0.1) is 11.3 Å². The van der Waals surface area contributed by atoms with E-state index >= 15 is 0 Å². The number of halogens is 4. The highest BCUT2D eigenvalue weighted by Crippen LogP contribution is 2.44. The van der Waals surface area contributed by atoms with Gasteiger partial charge in [-0.1, -0.05) is 0 Å². The average Bonchev–Trinajstić information content (AvgIpc) is 3.13. The first-order valence-electron chi connectivity index (χ1n) is 9.86. The number of nitrogens with one attached hydrogen (secondary N) is 1. The van der Waals surface area contributed by atoms with Gasteiger partial charge in [0.1, 0.15) is 34.4 Å². The van der Waals surface area contributed by atoms with Crippen molar-refractivity contribution >= 4 is 39.0 Å². The van der Waals surface area contributed by atoms with E-state index in [1.165, 1.54) is 19.1 Å². The number of ether oxygens (including phenoxy) is 1. The molecule has 9 nitrogen and oxygen atoms in total. The molecule has 1 aromatic heterocycles. The number of nitrogens with zero attached hydrogens (tertiary/aromatic N) is 1. The summed E-state index contributed by atoms with van der Waals surface area (Å²) in [6, 6.07) is 5.84. The lowest BCUT2D eigenvalue weighted by atomic mass is 10.1. The topological polar surface area (TPSA) is 152 Å². The van der Waals surface area contributed by atoms with Gasteiger partial charge >= 0.3 is 13.8 Å². The van der Waals surface area contributed by atoms with Crippen LogP contribution in [0.1, 0.15) is 16.7 Å². The van der Waals surface area contributed by atoms with E-state index in [2.05, 4.69) is 0 Å². The highest BCUT2D eigenvalue weighted by Gasteiger charge is 2.35. The number of rotatable bonds is 9. The second-order valence-corrected chi connectivity index (χ2v) is 12.0. The van der Waals surface area contributed by atoms with Crippen molar-refractivity contribution < 1.29 is 44.7 Å². The second-order valence-electron chi connectivity index (χ2n) is 7.29. The van der Waals surface area contributed by atoms with E-state index in [-0.39, 0.29) is 38.8 Å². The molecular formula is C20H18F4N3O6PS2. The molecule has 194 valence electrons. The quantitative estimate of drug-likeness (QED) is 0.259. The molecule has 0 aliphatic heterocycles. The molecule has 0 aliphatic rings. The van der Waals surface area contributed by atoms with Crippen LogP contribution in [0.15, 0.2) is 34.5 Å². The Morgan fingerprint density at radius 3 is 2.56 bits per heavy atom. The Morgan fingerprint density at radius 1 is 1.25 bits per heavy atom. The van der Waals surface area contributed by atoms with Gasteiger partial charge < -0.3 is 19.9 Å². The molecule has 0 aliphatic carbocycles. The molecule has 4 N–H and O–H groups in total. The second kappa shape index (κ2) is 10.3. The zero-order chi connectivity index (χ0) is 26.9. The van der Waals surface area contributed by atoms with E-state index in [1.807, 2.05) is 4.72 Å². The number of sulfonamides is 1. The largest absolute Gasteiger partial charge is 0.492 e. The molecule has 16 heteroatoms. The zero-order valence-electron chi connectivity index (χ0n) is 18.3. The number of nitrogens with two attached hydrogens (primary N) is 1. The standard InChI is InChI=1S/C20H18F4N3O6PS2/c1-11-15-6-14(32-5-4-25)8-17(21)18(15)35-19(11)36(30,31)27-10-34(28,29)33-13-3-2-12(9-26)16(7-13)20(22,23)24/h2-3,6-8,27H,4-5,10,25H2,1H3,(H,28,29). The minimum atomic E-state index is -4.94. The number of fused-ring (bicyclic) bond motifs is 1. The SMILES string of the molecule is Cc1c(S(=O)(=O)NCP(=O)(O)Oc2ccc(C#N)c(C(F)(F)F)c2)sc2c(F)cc(OCCN)cc12. The normalized spacial score (nSPS) is 13.8. The first-order valence-corrected chi connectivity index (χ1v) is 13.9. The predicted molar refractivity (Wildman–Crippen MR) is 123 cm³/mol. The molecule has 3 rings (SSSR count). The van der Waals surface area contributed by atoms with Crippen LogP contribution in [-0.2, 0) is 20.8 Å². The van der Waals surface area contributed by atoms with Crippen LogP contribution in [-0.4, -0.2) is 32.7 Å². The van der Waals surface area contributed by atoms with Crippen LogP contribution >= 0.6 is 18.9 Å². The van der Waals surface area contributed by atoms with Crippen molar-refractivity contribution in [3.05, 3.63) is 52.8 Å². The molecule has 36 heavy (non-hydrogen) atoms. The minimum Gasteiger partial charge on any atom is -0.492 e. The molecular weight excluding hydrogens is 549 g/mol. The lowest BCUT2D eigenvalue weighted by Gasteiger charge is -2.16. The molecule has 0 radical (unpaired) electrons. The Hall–Kier alpha value is -2.73. The van der Waals surface area contributed by atoms with Crippen LogP contribution in [0.25, 0.3) is 10.1 Å². The molecule has 3 aromatic rings. The summed E-state index contributed by atoms with van der Waals surface area (Å²) >= 11 is 0.580. The number of nitriles is 1. The van der Waals surface area contributed by atoms with Gasteiger partial charge in [0.05, 0.1) is 21.9 Å². The molecule has 0 saturated carbocycles. The third kappa shape index (κ3) is 6.15. The van der Waals surface area contributed by atoms with Gasteiger partial charge in [-0.05, 0) is 36.8 Å². The van der Waals surface area contributed by atoms with E-state index in [4.69, 9.17) is 20.3 Å². The van der Waals surface area contributed by atoms with Crippen molar-refractivity contribution in [2.45, 2.75) is 17.3 Å². The van der Waals surface area contributed by atoms with Crippen molar-refractivity contribution in [2.75, 3.05) is 19.4 Å². The molecule has 2 aromatic carbocycles. The summed E-state index contributed by atoms with van der Waals surface area (Å²) in [6.45, 7) is 1.69. The first-order chi connectivity index (χ1) is 16.7. The van der Waals surface area contributed by atoms with E-state index in [9.17, 15) is 35.4 Å². The fraction of sp³-hybridized carbons (Fsp3) is 0.250. The molecule has 0 bridgehead atoms. The van der Waals surface area contributed by atoms with Crippen LogP contribution in [0.3, 0.4) is 0 Å². The smallest absolute Gasteiger partial charge is 0.417 e. The highest BCUT2D eigenvalue weighted by molar-refractivity contribution is 7.92. The molecule has 1 atom stereocenters. The van der Waals surface area contributed by atoms with Crippen molar-refractivity contribution in [1.29, 1.82) is 5.26 Å². The summed E-state index contributed by atoms with van der Waals surface area (Å²) in [5.41, 5.74) is 3.38. The number of aryl methyl sites for hydroxylation is 1. The van der Waals surface area contributed by atoms with Crippen LogP contribution in [0.2, 0.25) is 0 Å².